The summed E-state index contributed by atoms with van der Waals surface area (Å²) in [4.78, 5) is 14.6. The van der Waals surface area contributed by atoms with Gasteiger partial charge in [-0.25, -0.2) is 0 Å². The Bertz CT molecular complexity index is 774. The van der Waals surface area contributed by atoms with Crippen molar-refractivity contribution >= 4 is 5.91 Å². The van der Waals surface area contributed by atoms with Crippen LogP contribution in [-0.4, -0.2) is 50.5 Å². The second kappa shape index (κ2) is 8.78. The number of amides is 1. The van der Waals surface area contributed by atoms with Gasteiger partial charge in [0.15, 0.2) is 0 Å². The Morgan fingerprint density at radius 3 is 2.71 bits per heavy atom. The van der Waals surface area contributed by atoms with Crippen LogP contribution in [0.5, 0.6) is 5.75 Å². The molecule has 0 spiro atoms. The lowest BCUT2D eigenvalue weighted by molar-refractivity contribution is -0.148. The summed E-state index contributed by atoms with van der Waals surface area (Å²) in [6.07, 6.45) is 3.58. The van der Waals surface area contributed by atoms with E-state index in [2.05, 4.69) is 18.9 Å². The molecule has 1 fully saturated rings. The van der Waals surface area contributed by atoms with Crippen molar-refractivity contribution in [2.75, 3.05) is 13.1 Å². The maximum absolute atomic E-state index is 12.8. The van der Waals surface area contributed by atoms with Crippen LogP contribution < -0.4 is 4.74 Å². The average molecular weight is 386 g/mol. The topological polar surface area (TPSA) is 67.6 Å². The molecule has 2 heterocycles. The predicted octanol–water partition coefficient (Wildman–Crippen LogP) is 2.81. The van der Waals surface area contributed by atoms with Crippen LogP contribution in [0.25, 0.3) is 0 Å². The Hall–Kier alpha value is -2.34. The zero-order valence-corrected chi connectivity index (χ0v) is 17.0. The summed E-state index contributed by atoms with van der Waals surface area (Å²) in [5, 5.41) is 15.5. The van der Waals surface area contributed by atoms with Crippen molar-refractivity contribution < 1.29 is 14.6 Å². The van der Waals surface area contributed by atoms with Gasteiger partial charge in [-0.05, 0) is 43.4 Å². The van der Waals surface area contributed by atoms with Gasteiger partial charge in [0.1, 0.15) is 17.5 Å². The maximum atomic E-state index is 12.8. The predicted molar refractivity (Wildman–Crippen MR) is 108 cm³/mol. The molecule has 0 unspecified atom stereocenters. The molecule has 1 aliphatic rings. The lowest BCUT2D eigenvalue weighted by atomic mass is 9.81. The molecule has 6 nitrogen and oxygen atoms in total. The fraction of sp³-hybridized carbons (Fsp3) is 0.545. The van der Waals surface area contributed by atoms with E-state index in [0.29, 0.717) is 44.7 Å². The Morgan fingerprint density at radius 1 is 1.32 bits per heavy atom. The monoisotopic (exact) mass is 385 g/mol. The van der Waals surface area contributed by atoms with E-state index in [9.17, 15) is 9.90 Å². The molecule has 1 aromatic carbocycles. The molecule has 0 bridgehead atoms. The molecule has 1 aliphatic heterocycles. The lowest BCUT2D eigenvalue weighted by Gasteiger charge is -2.45. The van der Waals surface area contributed by atoms with E-state index in [0.717, 1.165) is 11.4 Å². The van der Waals surface area contributed by atoms with Crippen LogP contribution in [0.4, 0.5) is 0 Å². The van der Waals surface area contributed by atoms with Crippen LogP contribution in [0.15, 0.2) is 42.6 Å². The van der Waals surface area contributed by atoms with Gasteiger partial charge in [0.05, 0.1) is 6.54 Å². The Morgan fingerprint density at radius 2 is 2.07 bits per heavy atom. The van der Waals surface area contributed by atoms with Gasteiger partial charge in [-0.15, -0.1) is 0 Å². The highest BCUT2D eigenvalue weighted by atomic mass is 16.5. The van der Waals surface area contributed by atoms with Crippen molar-refractivity contribution in [3.63, 3.8) is 0 Å². The standard InChI is InChI=1S/C22H31N3O3/c1-17(2)15-22(27)12-14-25(16-20(22)28-19-7-5-4-6-8-19)21(26)10-9-18-11-13-23-24(18)3/h4-8,11,13,17,20,27H,9-10,12,14-16H2,1-3H3/t20-,22+/m0/s1. The number of piperidine rings is 1. The van der Waals surface area contributed by atoms with Gasteiger partial charge in [0.25, 0.3) is 0 Å². The normalized spacial score (nSPS) is 22.5. The first-order chi connectivity index (χ1) is 13.4. The third kappa shape index (κ3) is 4.93. The molecule has 1 amide bonds. The van der Waals surface area contributed by atoms with Crippen molar-refractivity contribution in [1.29, 1.82) is 0 Å². The third-order valence-electron chi connectivity index (χ3n) is 5.45. The molecule has 28 heavy (non-hydrogen) atoms. The molecule has 0 aliphatic carbocycles. The summed E-state index contributed by atoms with van der Waals surface area (Å²) in [5.74, 6) is 1.16. The van der Waals surface area contributed by atoms with E-state index < -0.39 is 11.7 Å². The minimum atomic E-state index is -0.928. The molecule has 0 radical (unpaired) electrons. The van der Waals surface area contributed by atoms with Gasteiger partial charge < -0.3 is 14.7 Å². The highest BCUT2D eigenvalue weighted by molar-refractivity contribution is 5.76. The average Bonchev–Trinajstić information content (AvgIpc) is 3.07. The quantitative estimate of drug-likeness (QED) is 0.796. The Balaban J connectivity index is 1.68. The van der Waals surface area contributed by atoms with Gasteiger partial charge in [-0.1, -0.05) is 32.0 Å². The number of rotatable bonds is 7. The summed E-state index contributed by atoms with van der Waals surface area (Å²) in [7, 11) is 1.89. The van der Waals surface area contributed by atoms with E-state index in [1.54, 1.807) is 10.9 Å². The highest BCUT2D eigenvalue weighted by Crippen LogP contribution is 2.32. The largest absolute Gasteiger partial charge is 0.486 e. The number of nitrogens with zero attached hydrogens (tertiary/aromatic N) is 3. The van der Waals surface area contributed by atoms with Gasteiger partial charge >= 0.3 is 0 Å². The SMILES string of the molecule is CC(C)C[C@]1(O)CCN(C(=O)CCc2ccnn2C)C[C@@H]1Oc1ccccc1. The number of carbonyl (C=O) groups excluding carboxylic acids is 1. The molecule has 2 aromatic rings. The summed E-state index contributed by atoms with van der Waals surface area (Å²) < 4.78 is 7.96. The van der Waals surface area contributed by atoms with Crippen molar-refractivity contribution in [2.24, 2.45) is 13.0 Å². The van der Waals surface area contributed by atoms with Gasteiger partial charge in [-0.3, -0.25) is 9.48 Å². The van der Waals surface area contributed by atoms with Crippen molar-refractivity contribution in [1.82, 2.24) is 14.7 Å². The molecular weight excluding hydrogens is 354 g/mol. The second-order valence-corrected chi connectivity index (χ2v) is 8.16. The summed E-state index contributed by atoms with van der Waals surface area (Å²) in [5.41, 5.74) is 0.113. The maximum Gasteiger partial charge on any atom is 0.223 e. The molecule has 6 heteroatoms. The summed E-state index contributed by atoms with van der Waals surface area (Å²) >= 11 is 0. The summed E-state index contributed by atoms with van der Waals surface area (Å²) in [6, 6.07) is 11.5. The van der Waals surface area contributed by atoms with Gasteiger partial charge in [0, 0.05) is 31.9 Å². The Labute approximate surface area is 167 Å². The van der Waals surface area contributed by atoms with Crippen molar-refractivity contribution in [3.8, 4) is 5.75 Å². The van der Waals surface area contributed by atoms with Crippen LogP contribution >= 0.6 is 0 Å². The zero-order chi connectivity index (χ0) is 20.1. The minimum absolute atomic E-state index is 0.0921. The number of carbonyl (C=O) groups is 1. The van der Waals surface area contributed by atoms with Gasteiger partial charge in [0.2, 0.25) is 5.91 Å². The minimum Gasteiger partial charge on any atom is -0.486 e. The number of para-hydroxylation sites is 1. The number of hydrogen-bond donors (Lipinski definition) is 1. The number of benzene rings is 1. The van der Waals surface area contributed by atoms with E-state index in [4.69, 9.17) is 4.74 Å². The molecule has 1 saturated heterocycles. The molecular formula is C22H31N3O3. The first kappa shape index (κ1) is 20.4. The molecule has 1 aromatic heterocycles. The van der Waals surface area contributed by atoms with E-state index in [1.165, 1.54) is 0 Å². The molecule has 152 valence electrons. The second-order valence-electron chi connectivity index (χ2n) is 8.16. The number of aromatic nitrogens is 2. The van der Waals surface area contributed by atoms with Gasteiger partial charge in [-0.2, -0.15) is 5.10 Å². The van der Waals surface area contributed by atoms with Crippen LogP contribution in [0, 0.1) is 5.92 Å². The number of hydrogen-bond acceptors (Lipinski definition) is 4. The number of likely N-dealkylation sites (tertiary alicyclic amines) is 1. The fourth-order valence-electron chi connectivity index (χ4n) is 3.97. The Kier molecular flexibility index (Phi) is 6.39. The first-order valence-electron chi connectivity index (χ1n) is 10.1. The molecule has 2 atom stereocenters. The van der Waals surface area contributed by atoms with Crippen LogP contribution in [0.3, 0.4) is 0 Å². The van der Waals surface area contributed by atoms with Crippen molar-refractivity contribution in [3.05, 3.63) is 48.3 Å². The summed E-state index contributed by atoms with van der Waals surface area (Å²) in [6.45, 7) is 5.16. The van der Waals surface area contributed by atoms with Crippen LogP contribution in [-0.2, 0) is 18.3 Å². The highest BCUT2D eigenvalue weighted by Gasteiger charge is 2.44. The molecule has 3 rings (SSSR count). The van der Waals surface area contributed by atoms with E-state index >= 15 is 0 Å². The zero-order valence-electron chi connectivity index (χ0n) is 17.0. The van der Waals surface area contributed by atoms with E-state index in [-0.39, 0.29) is 5.91 Å². The number of ether oxygens (including phenoxy) is 1. The number of aryl methyl sites for hydroxylation is 2. The van der Waals surface area contributed by atoms with E-state index in [1.807, 2.05) is 48.3 Å². The van der Waals surface area contributed by atoms with Crippen LogP contribution in [0.2, 0.25) is 0 Å². The number of aliphatic hydroxyl groups is 1. The first-order valence-corrected chi connectivity index (χ1v) is 10.1. The lowest BCUT2D eigenvalue weighted by Crippen LogP contribution is -2.59. The van der Waals surface area contributed by atoms with Crippen LogP contribution in [0.1, 0.15) is 38.8 Å². The smallest absolute Gasteiger partial charge is 0.223 e. The molecule has 0 saturated carbocycles. The fourth-order valence-corrected chi connectivity index (χ4v) is 3.97. The molecule has 1 N–H and O–H groups in total. The third-order valence-corrected chi connectivity index (χ3v) is 5.45. The van der Waals surface area contributed by atoms with Crippen molar-refractivity contribution in [2.45, 2.75) is 51.2 Å².